The summed E-state index contributed by atoms with van der Waals surface area (Å²) in [6.45, 7) is 9.74. The standard InChI is InChI=1S/C32H54O13/c1-16(8-11-42-29-26(40)24(38)22(36)20(13-33)44-29)6-7-18-17(2)12-19(35)28-31(3,9-5-10-32(18,28)4)15-43-30-27(41)25(39)23(37)21(14-34)45-30/h8,18-30,33-41H,2,5-7,9-15H2,1,3-4H3/b16-8+/t18-,19+,20-,21-,22+,23+,24-,25+,26+,27-,28+,29-,30+,31+,32-/m1/s1. The summed E-state index contributed by atoms with van der Waals surface area (Å²) in [7, 11) is 0. The molecule has 4 rings (SSSR count). The molecule has 0 unspecified atom stereocenters. The predicted octanol–water partition coefficient (Wildman–Crippen LogP) is -0.904. The monoisotopic (exact) mass is 646 g/mol. The van der Waals surface area contributed by atoms with Gasteiger partial charge in [-0.3, -0.25) is 0 Å². The van der Waals surface area contributed by atoms with E-state index < -0.39 is 86.1 Å². The molecule has 45 heavy (non-hydrogen) atoms. The van der Waals surface area contributed by atoms with Gasteiger partial charge in [0.25, 0.3) is 0 Å². The second-order valence-electron chi connectivity index (χ2n) is 14.1. The zero-order valence-corrected chi connectivity index (χ0v) is 26.5. The lowest BCUT2D eigenvalue weighted by Gasteiger charge is -2.60. The first-order valence-electron chi connectivity index (χ1n) is 16.0. The van der Waals surface area contributed by atoms with Crippen LogP contribution in [0.25, 0.3) is 0 Å². The topological polar surface area (TPSA) is 219 Å². The maximum Gasteiger partial charge on any atom is 0.187 e. The molecule has 13 nitrogen and oxygen atoms in total. The Morgan fingerprint density at radius 3 is 1.96 bits per heavy atom. The maximum absolute atomic E-state index is 11.4. The van der Waals surface area contributed by atoms with Crippen molar-refractivity contribution in [1.82, 2.24) is 0 Å². The third-order valence-corrected chi connectivity index (χ3v) is 10.9. The smallest absolute Gasteiger partial charge is 0.187 e. The Morgan fingerprint density at radius 2 is 1.40 bits per heavy atom. The summed E-state index contributed by atoms with van der Waals surface area (Å²) in [5.74, 6) is -0.0505. The van der Waals surface area contributed by atoms with Gasteiger partial charge in [-0.2, -0.15) is 0 Å². The number of hydrogen-bond acceptors (Lipinski definition) is 13. The van der Waals surface area contributed by atoms with Crippen LogP contribution in [-0.2, 0) is 18.9 Å². The van der Waals surface area contributed by atoms with Gasteiger partial charge < -0.3 is 64.9 Å². The van der Waals surface area contributed by atoms with E-state index in [1.807, 2.05) is 13.0 Å². The highest BCUT2D eigenvalue weighted by atomic mass is 16.7. The minimum absolute atomic E-state index is 0.0894. The fourth-order valence-electron chi connectivity index (χ4n) is 8.41. The van der Waals surface area contributed by atoms with Crippen molar-refractivity contribution in [2.75, 3.05) is 26.4 Å². The van der Waals surface area contributed by atoms with Crippen molar-refractivity contribution in [2.45, 2.75) is 127 Å². The highest BCUT2D eigenvalue weighted by molar-refractivity contribution is 5.19. The Hall–Kier alpha value is -1.04. The van der Waals surface area contributed by atoms with E-state index in [1.54, 1.807) is 0 Å². The van der Waals surface area contributed by atoms with Gasteiger partial charge in [-0.25, -0.2) is 0 Å². The van der Waals surface area contributed by atoms with Crippen molar-refractivity contribution in [1.29, 1.82) is 0 Å². The van der Waals surface area contributed by atoms with Gasteiger partial charge in [-0.05, 0) is 61.7 Å². The van der Waals surface area contributed by atoms with Crippen LogP contribution in [0.2, 0.25) is 0 Å². The summed E-state index contributed by atoms with van der Waals surface area (Å²) in [4.78, 5) is 0. The van der Waals surface area contributed by atoms with E-state index in [-0.39, 0.29) is 30.5 Å². The van der Waals surface area contributed by atoms with Crippen molar-refractivity contribution in [3.8, 4) is 0 Å². The zero-order chi connectivity index (χ0) is 33.3. The van der Waals surface area contributed by atoms with E-state index in [4.69, 9.17) is 18.9 Å². The van der Waals surface area contributed by atoms with Crippen LogP contribution in [0.4, 0.5) is 0 Å². The van der Waals surface area contributed by atoms with Crippen LogP contribution in [-0.4, -0.2) is 140 Å². The van der Waals surface area contributed by atoms with Gasteiger partial charge in [0.2, 0.25) is 0 Å². The number of fused-ring (bicyclic) bond motifs is 1. The molecule has 0 aromatic carbocycles. The molecule has 0 aromatic heterocycles. The minimum Gasteiger partial charge on any atom is -0.394 e. The third-order valence-electron chi connectivity index (χ3n) is 10.9. The summed E-state index contributed by atoms with van der Waals surface area (Å²) in [6.07, 6.45) is -7.74. The molecule has 15 atom stereocenters. The van der Waals surface area contributed by atoms with E-state index in [0.717, 1.165) is 43.3 Å². The van der Waals surface area contributed by atoms with Crippen LogP contribution in [0, 0.1) is 22.7 Å². The van der Waals surface area contributed by atoms with Crippen molar-refractivity contribution in [3.05, 3.63) is 23.8 Å². The Morgan fingerprint density at radius 1 is 0.844 bits per heavy atom. The average molecular weight is 647 g/mol. The van der Waals surface area contributed by atoms with Crippen LogP contribution in [0.15, 0.2) is 23.8 Å². The molecule has 2 saturated carbocycles. The van der Waals surface area contributed by atoms with Crippen molar-refractivity contribution >= 4 is 0 Å². The molecular weight excluding hydrogens is 592 g/mol. The van der Waals surface area contributed by atoms with Crippen molar-refractivity contribution < 1.29 is 64.9 Å². The quantitative estimate of drug-likeness (QED) is 0.124. The number of rotatable bonds is 11. The predicted molar refractivity (Wildman–Crippen MR) is 159 cm³/mol. The Kier molecular flexibility index (Phi) is 12.3. The van der Waals surface area contributed by atoms with E-state index in [9.17, 15) is 46.0 Å². The maximum atomic E-state index is 11.4. The normalized spacial score (nSPS) is 47.9. The average Bonchev–Trinajstić information content (AvgIpc) is 2.99. The number of ether oxygens (including phenoxy) is 4. The van der Waals surface area contributed by atoms with Crippen molar-refractivity contribution in [3.63, 3.8) is 0 Å². The van der Waals surface area contributed by atoms with Crippen molar-refractivity contribution in [2.24, 2.45) is 22.7 Å². The second-order valence-corrected chi connectivity index (χ2v) is 14.1. The Balaban J connectivity index is 1.39. The summed E-state index contributed by atoms with van der Waals surface area (Å²) in [5, 5.41) is 91.3. The molecule has 2 saturated heterocycles. The van der Waals surface area contributed by atoms with Crippen LogP contribution in [0.5, 0.6) is 0 Å². The molecule has 0 radical (unpaired) electrons. The lowest BCUT2D eigenvalue weighted by Crippen LogP contribution is -2.61. The van der Waals surface area contributed by atoms with Gasteiger partial charge in [-0.15, -0.1) is 0 Å². The van der Waals surface area contributed by atoms with E-state index in [2.05, 4.69) is 20.4 Å². The van der Waals surface area contributed by atoms with Crippen LogP contribution >= 0.6 is 0 Å². The summed E-state index contributed by atoms with van der Waals surface area (Å²) in [5.41, 5.74) is 1.23. The number of aliphatic hydroxyl groups excluding tert-OH is 9. The molecule has 2 aliphatic heterocycles. The number of hydrogen-bond donors (Lipinski definition) is 9. The van der Waals surface area contributed by atoms with Gasteiger partial charge in [-0.1, -0.05) is 44.1 Å². The first-order chi connectivity index (χ1) is 21.2. The fourth-order valence-corrected chi connectivity index (χ4v) is 8.41. The molecule has 2 aliphatic carbocycles. The lowest BCUT2D eigenvalue weighted by molar-refractivity contribution is -0.310. The molecule has 13 heteroatoms. The fraction of sp³-hybridized carbons (Fsp3) is 0.875. The Labute approximate surface area is 264 Å². The molecule has 0 bridgehead atoms. The van der Waals surface area contributed by atoms with E-state index >= 15 is 0 Å². The third kappa shape index (κ3) is 7.51. The second kappa shape index (κ2) is 15.0. The number of allylic oxidation sites excluding steroid dienone is 1. The van der Waals surface area contributed by atoms with E-state index in [1.165, 1.54) is 0 Å². The molecule has 0 spiro atoms. The Bertz CT molecular complexity index is 1020. The SMILES string of the molecule is C=C1C[C@H](O)[C@H]2[C@](C)(CO[C@H]3O[C@H](CO)[C@H](O)[C@H](O)[C@H]3O)CCC[C@]2(C)[C@@H]1CC/C(C)=C/CO[C@@H]1O[C@H](CO)[C@H](O)[C@@H](O)[C@@H]1O. The molecule has 0 aromatic rings. The van der Waals surface area contributed by atoms with Gasteiger partial charge in [0.15, 0.2) is 12.6 Å². The molecule has 9 N–H and O–H groups in total. The molecule has 0 amide bonds. The lowest BCUT2D eigenvalue weighted by atomic mass is 9.46. The summed E-state index contributed by atoms with van der Waals surface area (Å²) >= 11 is 0. The van der Waals surface area contributed by atoms with Gasteiger partial charge in [0.05, 0.1) is 32.5 Å². The van der Waals surface area contributed by atoms with Gasteiger partial charge in [0, 0.05) is 0 Å². The van der Waals surface area contributed by atoms with Crippen LogP contribution < -0.4 is 0 Å². The highest BCUT2D eigenvalue weighted by Crippen LogP contribution is 2.62. The molecule has 4 fully saturated rings. The molecule has 4 aliphatic rings. The largest absolute Gasteiger partial charge is 0.394 e. The molecular formula is C32H54O13. The van der Waals surface area contributed by atoms with Gasteiger partial charge in [0.1, 0.15) is 48.8 Å². The van der Waals surface area contributed by atoms with Gasteiger partial charge >= 0.3 is 0 Å². The summed E-state index contributed by atoms with van der Waals surface area (Å²) < 4.78 is 22.6. The molecule has 260 valence electrons. The van der Waals surface area contributed by atoms with E-state index in [0.29, 0.717) is 6.42 Å². The summed E-state index contributed by atoms with van der Waals surface area (Å²) in [6, 6.07) is 0. The molecule has 2 heterocycles. The number of aliphatic hydroxyl groups is 9. The minimum atomic E-state index is -1.53. The highest BCUT2D eigenvalue weighted by Gasteiger charge is 2.58. The zero-order valence-electron chi connectivity index (χ0n) is 26.5. The first-order valence-corrected chi connectivity index (χ1v) is 16.0. The first kappa shape index (κ1) is 36.8. The van der Waals surface area contributed by atoms with Crippen LogP contribution in [0.1, 0.15) is 59.3 Å². The van der Waals surface area contributed by atoms with Crippen LogP contribution in [0.3, 0.4) is 0 Å².